The maximum Gasteiger partial charge on any atom is 0.154 e. The number of methoxy groups -OCH3 is 1. The van der Waals surface area contributed by atoms with Crippen molar-refractivity contribution in [3.8, 4) is 0 Å². The van der Waals surface area contributed by atoms with Gasteiger partial charge in [0.1, 0.15) is 0 Å². The van der Waals surface area contributed by atoms with Gasteiger partial charge in [0.25, 0.3) is 0 Å². The van der Waals surface area contributed by atoms with Gasteiger partial charge < -0.3 is 24.1 Å². The van der Waals surface area contributed by atoms with E-state index >= 15 is 0 Å². The van der Waals surface area contributed by atoms with Gasteiger partial charge in [0, 0.05) is 7.11 Å². The van der Waals surface area contributed by atoms with Crippen molar-refractivity contribution in [1.29, 1.82) is 0 Å². The Morgan fingerprint density at radius 1 is 1.00 bits per heavy atom. The average Bonchev–Trinajstić information content (AvgIpc) is 2.21. The first-order valence-corrected chi connectivity index (χ1v) is 4.72. The quantitative estimate of drug-likeness (QED) is 0.405. The van der Waals surface area contributed by atoms with Crippen molar-refractivity contribution in [2.75, 3.05) is 46.8 Å². The van der Waals surface area contributed by atoms with E-state index in [1.807, 2.05) is 6.92 Å². The molecule has 0 aromatic carbocycles. The summed E-state index contributed by atoms with van der Waals surface area (Å²) < 4.78 is 20.2. The summed E-state index contributed by atoms with van der Waals surface area (Å²) in [5, 5.41) is 8.40. The van der Waals surface area contributed by atoms with Gasteiger partial charge in [0.2, 0.25) is 0 Å². The molecule has 0 aromatic rings. The van der Waals surface area contributed by atoms with Crippen molar-refractivity contribution in [2.45, 2.75) is 13.2 Å². The third-order valence-electron chi connectivity index (χ3n) is 1.52. The van der Waals surface area contributed by atoms with Crippen molar-refractivity contribution in [3.05, 3.63) is 0 Å². The molecule has 0 aliphatic heterocycles. The minimum atomic E-state index is -0.191. The molecule has 0 fully saturated rings. The smallest absolute Gasteiger partial charge is 0.154 e. The lowest BCUT2D eigenvalue weighted by atomic mass is 10.7. The molecular weight excluding hydrogens is 188 g/mol. The highest BCUT2D eigenvalue weighted by atomic mass is 16.7. The zero-order chi connectivity index (χ0) is 10.6. The van der Waals surface area contributed by atoms with E-state index in [1.165, 1.54) is 0 Å². The number of hydrogen-bond donors (Lipinski definition) is 1. The highest BCUT2D eigenvalue weighted by molar-refractivity contribution is 4.34. The van der Waals surface area contributed by atoms with Crippen LogP contribution in [0.3, 0.4) is 0 Å². The molecule has 0 saturated heterocycles. The molecule has 5 heteroatoms. The highest BCUT2D eigenvalue weighted by Gasteiger charge is 1.97. The average molecular weight is 208 g/mol. The zero-order valence-corrected chi connectivity index (χ0v) is 8.90. The topological polar surface area (TPSA) is 57.2 Å². The zero-order valence-electron chi connectivity index (χ0n) is 8.90. The van der Waals surface area contributed by atoms with E-state index in [4.69, 9.17) is 24.1 Å². The molecular formula is C9H20O5. The van der Waals surface area contributed by atoms with Crippen molar-refractivity contribution in [3.63, 3.8) is 0 Å². The fraction of sp³-hybridized carbons (Fsp3) is 1.00. The predicted molar refractivity (Wildman–Crippen MR) is 51.1 cm³/mol. The second kappa shape index (κ2) is 10.9. The van der Waals surface area contributed by atoms with Crippen LogP contribution in [0.5, 0.6) is 0 Å². The van der Waals surface area contributed by atoms with E-state index in [0.717, 1.165) is 0 Å². The van der Waals surface area contributed by atoms with E-state index in [0.29, 0.717) is 33.0 Å². The molecule has 1 unspecified atom stereocenters. The number of aliphatic hydroxyl groups is 1. The van der Waals surface area contributed by atoms with Crippen molar-refractivity contribution >= 4 is 0 Å². The molecule has 0 aliphatic rings. The highest BCUT2D eigenvalue weighted by Crippen LogP contribution is 1.89. The van der Waals surface area contributed by atoms with Crippen molar-refractivity contribution < 1.29 is 24.1 Å². The SMILES string of the molecule is COC(C)OCCOCCOCCO. The van der Waals surface area contributed by atoms with E-state index in [9.17, 15) is 0 Å². The molecule has 0 spiro atoms. The van der Waals surface area contributed by atoms with Crippen LogP contribution in [0.25, 0.3) is 0 Å². The molecule has 0 aromatic heterocycles. The van der Waals surface area contributed by atoms with Crippen molar-refractivity contribution in [1.82, 2.24) is 0 Å². The van der Waals surface area contributed by atoms with Gasteiger partial charge in [0.15, 0.2) is 6.29 Å². The number of hydrogen-bond acceptors (Lipinski definition) is 5. The number of aliphatic hydroxyl groups excluding tert-OH is 1. The van der Waals surface area contributed by atoms with Gasteiger partial charge in [-0.25, -0.2) is 0 Å². The monoisotopic (exact) mass is 208 g/mol. The molecule has 0 aliphatic carbocycles. The van der Waals surface area contributed by atoms with Crippen LogP contribution in [0.15, 0.2) is 0 Å². The Morgan fingerprint density at radius 3 is 2.14 bits per heavy atom. The minimum absolute atomic E-state index is 0.0501. The van der Waals surface area contributed by atoms with Crippen LogP contribution in [0.4, 0.5) is 0 Å². The molecule has 0 heterocycles. The fourth-order valence-corrected chi connectivity index (χ4v) is 0.728. The lowest BCUT2D eigenvalue weighted by molar-refractivity contribution is -0.123. The number of ether oxygens (including phenoxy) is 4. The van der Waals surface area contributed by atoms with Crippen LogP contribution in [-0.4, -0.2) is 58.1 Å². The van der Waals surface area contributed by atoms with Gasteiger partial charge in [0.05, 0.1) is 39.6 Å². The summed E-state index contributed by atoms with van der Waals surface area (Å²) in [5.74, 6) is 0. The summed E-state index contributed by atoms with van der Waals surface area (Å²) in [6.07, 6.45) is -0.191. The summed E-state index contributed by atoms with van der Waals surface area (Å²) in [6.45, 7) is 4.29. The molecule has 1 N–H and O–H groups in total. The van der Waals surface area contributed by atoms with Gasteiger partial charge in [-0.05, 0) is 6.92 Å². The maximum atomic E-state index is 8.40. The third kappa shape index (κ3) is 9.88. The summed E-state index contributed by atoms with van der Waals surface area (Å²) in [7, 11) is 1.59. The molecule has 0 radical (unpaired) electrons. The van der Waals surface area contributed by atoms with Gasteiger partial charge in [-0.15, -0.1) is 0 Å². The van der Waals surface area contributed by atoms with Gasteiger partial charge >= 0.3 is 0 Å². The standard InChI is InChI=1S/C9H20O5/c1-9(11-2)14-8-7-13-6-5-12-4-3-10/h9-10H,3-8H2,1-2H3. The first-order valence-electron chi connectivity index (χ1n) is 4.72. The van der Waals surface area contributed by atoms with E-state index in [1.54, 1.807) is 7.11 Å². The summed E-state index contributed by atoms with van der Waals surface area (Å²) in [6, 6.07) is 0. The third-order valence-corrected chi connectivity index (χ3v) is 1.52. The summed E-state index contributed by atoms with van der Waals surface area (Å²) >= 11 is 0. The second-order valence-electron chi connectivity index (χ2n) is 2.62. The Hall–Kier alpha value is -0.200. The lowest BCUT2D eigenvalue weighted by Crippen LogP contribution is -2.16. The molecule has 5 nitrogen and oxygen atoms in total. The maximum absolute atomic E-state index is 8.40. The molecule has 0 saturated carbocycles. The Labute approximate surface area is 84.9 Å². The molecule has 86 valence electrons. The van der Waals surface area contributed by atoms with E-state index in [2.05, 4.69) is 0 Å². The largest absolute Gasteiger partial charge is 0.394 e. The van der Waals surface area contributed by atoms with E-state index < -0.39 is 0 Å². The molecule has 0 amide bonds. The first-order chi connectivity index (χ1) is 6.81. The molecule has 1 atom stereocenters. The normalized spacial score (nSPS) is 13.1. The van der Waals surface area contributed by atoms with Gasteiger partial charge in [-0.2, -0.15) is 0 Å². The van der Waals surface area contributed by atoms with Gasteiger partial charge in [-0.3, -0.25) is 0 Å². The lowest BCUT2D eigenvalue weighted by Gasteiger charge is -2.10. The van der Waals surface area contributed by atoms with Crippen LogP contribution >= 0.6 is 0 Å². The van der Waals surface area contributed by atoms with Crippen LogP contribution < -0.4 is 0 Å². The number of rotatable bonds is 10. The molecule has 14 heavy (non-hydrogen) atoms. The summed E-state index contributed by atoms with van der Waals surface area (Å²) in [5.41, 5.74) is 0. The van der Waals surface area contributed by atoms with Crippen molar-refractivity contribution in [2.24, 2.45) is 0 Å². The predicted octanol–water partition coefficient (Wildman–Crippen LogP) is 0.0209. The molecule has 0 bridgehead atoms. The Bertz CT molecular complexity index is 109. The van der Waals surface area contributed by atoms with Crippen LogP contribution in [0.2, 0.25) is 0 Å². The van der Waals surface area contributed by atoms with Crippen LogP contribution in [0.1, 0.15) is 6.92 Å². The summed E-state index contributed by atoms with van der Waals surface area (Å²) in [4.78, 5) is 0. The van der Waals surface area contributed by atoms with Gasteiger partial charge in [-0.1, -0.05) is 0 Å². The first kappa shape index (κ1) is 13.8. The van der Waals surface area contributed by atoms with Crippen LogP contribution in [0, 0.1) is 0 Å². The van der Waals surface area contributed by atoms with E-state index in [-0.39, 0.29) is 12.9 Å². The Morgan fingerprint density at radius 2 is 1.57 bits per heavy atom. The molecule has 0 rings (SSSR count). The van der Waals surface area contributed by atoms with Crippen LogP contribution in [-0.2, 0) is 18.9 Å². The fourth-order valence-electron chi connectivity index (χ4n) is 0.728. The second-order valence-corrected chi connectivity index (χ2v) is 2.62. The Kier molecular flexibility index (Phi) is 10.7. The Balaban J connectivity index is 2.92. The minimum Gasteiger partial charge on any atom is -0.394 e.